The molecule has 0 aliphatic carbocycles. The van der Waals surface area contributed by atoms with Crippen molar-refractivity contribution in [2.24, 2.45) is 0 Å². The second kappa shape index (κ2) is 12.5. The fraction of sp³-hybridized carbons (Fsp3) is 0.206. The molecule has 7 heteroatoms. The van der Waals surface area contributed by atoms with E-state index >= 15 is 0 Å². The van der Waals surface area contributed by atoms with E-state index in [2.05, 4.69) is 17.6 Å². The van der Waals surface area contributed by atoms with Crippen molar-refractivity contribution in [2.45, 2.75) is 32.7 Å². The minimum Gasteiger partial charge on any atom is -0.463 e. The topological polar surface area (TPSA) is 87.7 Å². The molecule has 4 aromatic carbocycles. The summed E-state index contributed by atoms with van der Waals surface area (Å²) in [6.07, 6.45) is 1.67. The summed E-state index contributed by atoms with van der Waals surface area (Å²) in [7, 11) is 0. The number of fused-ring (bicyclic) bond motifs is 1. The zero-order valence-electron chi connectivity index (χ0n) is 23.2. The van der Waals surface area contributed by atoms with Gasteiger partial charge >= 0.3 is 12.0 Å². The highest BCUT2D eigenvalue weighted by atomic mass is 16.5. The number of esters is 1. The van der Waals surface area contributed by atoms with E-state index in [9.17, 15) is 14.4 Å². The van der Waals surface area contributed by atoms with Gasteiger partial charge in [0.25, 0.3) is 5.91 Å². The molecule has 1 heterocycles. The minimum atomic E-state index is -0.774. The van der Waals surface area contributed by atoms with Crippen LogP contribution in [0.2, 0.25) is 0 Å². The second-order valence-corrected chi connectivity index (χ2v) is 9.84. The van der Waals surface area contributed by atoms with Crippen molar-refractivity contribution in [1.29, 1.82) is 0 Å². The number of unbranched alkanes of at least 4 members (excludes halogenated alkanes) is 1. The Hall–Kier alpha value is -4.91. The number of benzene rings is 4. The van der Waals surface area contributed by atoms with Crippen molar-refractivity contribution in [3.63, 3.8) is 0 Å². The molecule has 1 aliphatic rings. The average Bonchev–Trinajstić information content (AvgIpc) is 3.00. The third-order valence-electron chi connectivity index (χ3n) is 7.12. The van der Waals surface area contributed by atoms with E-state index in [1.165, 1.54) is 0 Å². The van der Waals surface area contributed by atoms with E-state index in [-0.39, 0.29) is 18.5 Å². The van der Waals surface area contributed by atoms with Gasteiger partial charge in [0, 0.05) is 17.8 Å². The van der Waals surface area contributed by atoms with Crippen molar-refractivity contribution in [3.05, 3.63) is 119 Å². The number of nitrogens with one attached hydrogen (secondary N) is 2. The third kappa shape index (κ3) is 5.84. The van der Waals surface area contributed by atoms with Gasteiger partial charge in [0.2, 0.25) is 0 Å². The number of carbonyl (C=O) groups is 3. The number of ether oxygens (including phenoxy) is 1. The van der Waals surface area contributed by atoms with Crippen LogP contribution in [0.1, 0.15) is 54.2 Å². The van der Waals surface area contributed by atoms with Crippen LogP contribution in [-0.2, 0) is 9.53 Å². The Balaban J connectivity index is 1.56. The lowest BCUT2D eigenvalue weighted by Crippen LogP contribution is -2.48. The molecular weight excluding hydrogens is 514 g/mol. The van der Waals surface area contributed by atoms with Crippen LogP contribution in [0.25, 0.3) is 16.5 Å². The van der Waals surface area contributed by atoms with Crippen molar-refractivity contribution >= 4 is 40.1 Å². The number of carbonyl (C=O) groups excluding carboxylic acids is 3. The average molecular weight is 548 g/mol. The van der Waals surface area contributed by atoms with E-state index < -0.39 is 12.0 Å². The van der Waals surface area contributed by atoms with Crippen LogP contribution in [0, 0.1) is 0 Å². The second-order valence-electron chi connectivity index (χ2n) is 9.84. The number of amides is 3. The third-order valence-corrected chi connectivity index (χ3v) is 7.12. The summed E-state index contributed by atoms with van der Waals surface area (Å²) in [4.78, 5) is 42.0. The van der Waals surface area contributed by atoms with Crippen LogP contribution >= 0.6 is 0 Å². The molecule has 208 valence electrons. The Morgan fingerprint density at radius 2 is 1.63 bits per heavy atom. The van der Waals surface area contributed by atoms with Gasteiger partial charge in [0.1, 0.15) is 0 Å². The van der Waals surface area contributed by atoms with E-state index in [0.717, 1.165) is 29.2 Å². The van der Waals surface area contributed by atoms with Crippen LogP contribution in [-0.4, -0.2) is 36.0 Å². The molecule has 0 aromatic heterocycles. The number of rotatable bonds is 9. The minimum absolute atomic E-state index is 0.196. The largest absolute Gasteiger partial charge is 0.463 e. The van der Waals surface area contributed by atoms with E-state index in [0.29, 0.717) is 34.6 Å². The Labute approximate surface area is 239 Å². The highest BCUT2D eigenvalue weighted by Crippen LogP contribution is 2.37. The standard InChI is InChI=1S/C34H33N3O4/c1-3-5-21-37-31(24-14-7-6-8-15-24)29(33(39)41-4-2)30(36-34(37)40)25-17-11-18-26(22-25)35-32(38)28-20-12-16-23-13-9-10-19-27(23)28/h6-20,22,30H,3-5,21H2,1-2H3,(H,35,38)(H,36,40)/t30-/m1/s1. The summed E-state index contributed by atoms with van der Waals surface area (Å²) >= 11 is 0. The van der Waals surface area contributed by atoms with Crippen LogP contribution in [0.5, 0.6) is 0 Å². The number of anilines is 1. The summed E-state index contributed by atoms with van der Waals surface area (Å²) in [5.41, 5.74) is 3.41. The van der Waals surface area contributed by atoms with Gasteiger partial charge in [0.15, 0.2) is 0 Å². The highest BCUT2D eigenvalue weighted by molar-refractivity contribution is 6.13. The van der Waals surface area contributed by atoms with Crippen LogP contribution < -0.4 is 10.6 Å². The van der Waals surface area contributed by atoms with Gasteiger partial charge in [-0.3, -0.25) is 9.69 Å². The Bertz CT molecular complexity index is 1610. The van der Waals surface area contributed by atoms with E-state index in [1.807, 2.05) is 72.8 Å². The van der Waals surface area contributed by atoms with Gasteiger partial charge in [-0.1, -0.05) is 92.2 Å². The van der Waals surface area contributed by atoms with E-state index in [4.69, 9.17) is 4.74 Å². The van der Waals surface area contributed by atoms with Crippen molar-refractivity contribution in [3.8, 4) is 0 Å². The van der Waals surface area contributed by atoms with Gasteiger partial charge in [-0.15, -0.1) is 0 Å². The molecule has 41 heavy (non-hydrogen) atoms. The smallest absolute Gasteiger partial charge is 0.338 e. The van der Waals surface area contributed by atoms with Crippen LogP contribution in [0.3, 0.4) is 0 Å². The molecule has 0 fully saturated rings. The van der Waals surface area contributed by atoms with Gasteiger partial charge in [0.05, 0.1) is 23.9 Å². The number of nitrogens with zero attached hydrogens (tertiary/aromatic N) is 1. The maximum Gasteiger partial charge on any atom is 0.338 e. The monoisotopic (exact) mass is 547 g/mol. The lowest BCUT2D eigenvalue weighted by atomic mass is 9.91. The van der Waals surface area contributed by atoms with Crippen LogP contribution in [0.4, 0.5) is 10.5 Å². The summed E-state index contributed by atoms with van der Waals surface area (Å²) in [6.45, 7) is 4.47. The lowest BCUT2D eigenvalue weighted by molar-refractivity contribution is -0.138. The molecule has 0 saturated carbocycles. The zero-order chi connectivity index (χ0) is 28.8. The summed E-state index contributed by atoms with van der Waals surface area (Å²) < 4.78 is 5.52. The van der Waals surface area contributed by atoms with Gasteiger partial charge < -0.3 is 15.4 Å². The molecule has 0 unspecified atom stereocenters. The SMILES string of the molecule is CCCCN1C(=O)N[C@H](c2cccc(NC(=O)c3cccc4ccccc34)c2)C(C(=O)OCC)=C1c1ccccc1. The first-order valence-electron chi connectivity index (χ1n) is 14.0. The first-order valence-corrected chi connectivity index (χ1v) is 14.0. The number of urea groups is 1. The molecule has 5 rings (SSSR count). The fourth-order valence-corrected chi connectivity index (χ4v) is 5.19. The first-order chi connectivity index (χ1) is 20.0. The highest BCUT2D eigenvalue weighted by Gasteiger charge is 2.38. The first kappa shape index (κ1) is 27.6. The van der Waals surface area contributed by atoms with Crippen molar-refractivity contribution < 1.29 is 19.1 Å². The molecule has 1 aliphatic heterocycles. The van der Waals surface area contributed by atoms with Gasteiger partial charge in [-0.25, -0.2) is 9.59 Å². The lowest BCUT2D eigenvalue weighted by Gasteiger charge is -2.37. The maximum atomic E-state index is 13.5. The van der Waals surface area contributed by atoms with Crippen molar-refractivity contribution in [1.82, 2.24) is 10.2 Å². The van der Waals surface area contributed by atoms with Crippen LogP contribution in [0.15, 0.2) is 103 Å². The molecule has 3 amide bonds. The predicted molar refractivity (Wildman–Crippen MR) is 161 cm³/mol. The molecule has 0 radical (unpaired) electrons. The predicted octanol–water partition coefficient (Wildman–Crippen LogP) is 6.93. The number of hydrogen-bond donors (Lipinski definition) is 2. The molecule has 0 saturated heterocycles. The Morgan fingerprint density at radius 1 is 0.902 bits per heavy atom. The Kier molecular flexibility index (Phi) is 8.44. The molecule has 0 bridgehead atoms. The molecule has 0 spiro atoms. The zero-order valence-corrected chi connectivity index (χ0v) is 23.2. The normalized spacial score (nSPS) is 15.0. The molecule has 2 N–H and O–H groups in total. The Morgan fingerprint density at radius 3 is 2.41 bits per heavy atom. The van der Waals surface area contributed by atoms with Gasteiger partial charge in [-0.2, -0.15) is 0 Å². The van der Waals surface area contributed by atoms with E-state index in [1.54, 1.807) is 36.1 Å². The summed E-state index contributed by atoms with van der Waals surface area (Å²) in [5, 5.41) is 7.86. The molecule has 7 nitrogen and oxygen atoms in total. The number of hydrogen-bond acceptors (Lipinski definition) is 4. The molecule has 4 aromatic rings. The molecule has 1 atom stereocenters. The quantitative estimate of drug-likeness (QED) is 0.222. The maximum absolute atomic E-state index is 13.5. The summed E-state index contributed by atoms with van der Waals surface area (Å²) in [5.74, 6) is -0.744. The molecular formula is C34H33N3O4. The fourth-order valence-electron chi connectivity index (χ4n) is 5.19. The van der Waals surface area contributed by atoms with Gasteiger partial charge in [-0.05, 0) is 53.4 Å². The summed E-state index contributed by atoms with van der Waals surface area (Å²) in [6, 6.07) is 28.9. The van der Waals surface area contributed by atoms with Crippen molar-refractivity contribution in [2.75, 3.05) is 18.5 Å².